The molecule has 1 aromatic rings. The van der Waals surface area contributed by atoms with Gasteiger partial charge in [-0.25, -0.2) is 0 Å². The zero-order valence-electron chi connectivity index (χ0n) is 7.46. The molecule has 0 aliphatic carbocycles. The van der Waals surface area contributed by atoms with Gasteiger partial charge in [0.25, 0.3) is 0 Å². The van der Waals surface area contributed by atoms with Crippen molar-refractivity contribution in [3.05, 3.63) is 41.8 Å². The predicted molar refractivity (Wildman–Crippen MR) is 49.6 cm³/mol. The highest BCUT2D eigenvalue weighted by molar-refractivity contribution is 5.29. The summed E-state index contributed by atoms with van der Waals surface area (Å²) >= 11 is 0. The first-order chi connectivity index (χ1) is 5.25. The Morgan fingerprint density at radius 3 is 2.45 bits per heavy atom. The molecule has 0 heterocycles. The van der Waals surface area contributed by atoms with E-state index in [1.165, 1.54) is 11.1 Å². The predicted octanol–water partition coefficient (Wildman–Crippen LogP) is 3.32. The van der Waals surface area contributed by atoms with Crippen LogP contribution in [0, 0.1) is 13.3 Å². The second-order valence-corrected chi connectivity index (χ2v) is 2.98. The van der Waals surface area contributed by atoms with Crippen LogP contribution < -0.4 is 0 Å². The molecule has 0 amide bonds. The van der Waals surface area contributed by atoms with Gasteiger partial charge in [-0.05, 0) is 30.4 Å². The quantitative estimate of drug-likeness (QED) is 0.602. The number of aryl methyl sites for hydroxylation is 1. The minimum atomic E-state index is 0.580. The van der Waals surface area contributed by atoms with E-state index in [4.69, 9.17) is 0 Å². The third kappa shape index (κ3) is 1.83. The van der Waals surface area contributed by atoms with Crippen LogP contribution in [0.15, 0.2) is 24.3 Å². The number of benzene rings is 1. The fraction of sp³-hybridized carbons (Fsp3) is 0.364. The van der Waals surface area contributed by atoms with Gasteiger partial charge in [0.15, 0.2) is 0 Å². The van der Waals surface area contributed by atoms with Gasteiger partial charge in [-0.1, -0.05) is 38.1 Å². The minimum Gasteiger partial charge on any atom is -0.0620 e. The fourth-order valence-corrected chi connectivity index (χ4v) is 1.28. The smallest absolute Gasteiger partial charge is 0.0159 e. The van der Waals surface area contributed by atoms with E-state index in [0.29, 0.717) is 5.92 Å². The Kier molecular flexibility index (Phi) is 2.70. The monoisotopic (exact) mass is 147 g/mol. The van der Waals surface area contributed by atoms with Crippen LogP contribution in [0.4, 0.5) is 0 Å². The van der Waals surface area contributed by atoms with E-state index in [1.54, 1.807) is 0 Å². The van der Waals surface area contributed by atoms with Crippen molar-refractivity contribution in [3.63, 3.8) is 0 Å². The zero-order valence-corrected chi connectivity index (χ0v) is 7.46. The lowest BCUT2D eigenvalue weighted by Crippen LogP contribution is -1.94. The molecule has 1 atom stereocenters. The van der Waals surface area contributed by atoms with Crippen LogP contribution in [0.3, 0.4) is 0 Å². The number of rotatable bonds is 2. The van der Waals surface area contributed by atoms with Gasteiger partial charge in [0.05, 0.1) is 0 Å². The molecule has 0 aliphatic heterocycles. The maximum absolute atomic E-state index is 2.22. The Bertz CT molecular complexity index is 225. The van der Waals surface area contributed by atoms with Gasteiger partial charge in [0.2, 0.25) is 0 Å². The van der Waals surface area contributed by atoms with Crippen LogP contribution in [-0.4, -0.2) is 0 Å². The van der Waals surface area contributed by atoms with Crippen molar-refractivity contribution in [1.82, 2.24) is 0 Å². The molecular formula is C11H15. The molecule has 0 nitrogen and oxygen atoms in total. The summed E-state index contributed by atoms with van der Waals surface area (Å²) in [6.07, 6.45) is 2.22. The molecule has 0 saturated heterocycles. The van der Waals surface area contributed by atoms with Crippen molar-refractivity contribution in [2.24, 2.45) is 0 Å². The van der Waals surface area contributed by atoms with Crippen molar-refractivity contribution in [3.8, 4) is 0 Å². The molecule has 0 bridgehead atoms. The van der Waals surface area contributed by atoms with Gasteiger partial charge in [-0.3, -0.25) is 0 Å². The van der Waals surface area contributed by atoms with Gasteiger partial charge in [0, 0.05) is 0 Å². The Morgan fingerprint density at radius 1 is 1.27 bits per heavy atom. The molecule has 0 N–H and O–H groups in total. The second-order valence-electron chi connectivity index (χ2n) is 2.98. The second kappa shape index (κ2) is 3.56. The number of hydrogen-bond donors (Lipinski definition) is 0. The normalized spacial score (nSPS) is 13.0. The zero-order chi connectivity index (χ0) is 8.27. The van der Waals surface area contributed by atoms with E-state index in [2.05, 4.69) is 51.5 Å². The van der Waals surface area contributed by atoms with E-state index in [9.17, 15) is 0 Å². The van der Waals surface area contributed by atoms with Crippen molar-refractivity contribution >= 4 is 0 Å². The maximum atomic E-state index is 2.22. The summed E-state index contributed by atoms with van der Waals surface area (Å²) in [5.41, 5.74) is 2.83. The first-order valence-electron chi connectivity index (χ1n) is 4.10. The summed E-state index contributed by atoms with van der Waals surface area (Å²) in [5.74, 6) is 0.580. The SMILES string of the molecule is C[CH][C@@H](C)c1ccccc1C. The van der Waals surface area contributed by atoms with Gasteiger partial charge in [-0.15, -0.1) is 0 Å². The average Bonchev–Trinajstić information content (AvgIpc) is 2.04. The van der Waals surface area contributed by atoms with Crippen LogP contribution in [0.25, 0.3) is 0 Å². The maximum Gasteiger partial charge on any atom is -0.0159 e. The number of hydrogen-bond acceptors (Lipinski definition) is 0. The van der Waals surface area contributed by atoms with Crippen LogP contribution in [0.5, 0.6) is 0 Å². The standard InChI is InChI=1S/C11H15/c1-4-9(2)11-8-6-5-7-10(11)3/h4-9H,1-3H3/t9-/m1/s1. The third-order valence-electron chi connectivity index (χ3n) is 2.18. The van der Waals surface area contributed by atoms with E-state index in [0.717, 1.165) is 0 Å². The molecule has 0 unspecified atom stereocenters. The van der Waals surface area contributed by atoms with Gasteiger partial charge in [0.1, 0.15) is 0 Å². The van der Waals surface area contributed by atoms with Crippen molar-refractivity contribution in [1.29, 1.82) is 0 Å². The summed E-state index contributed by atoms with van der Waals surface area (Å²) in [6, 6.07) is 8.54. The van der Waals surface area contributed by atoms with Crippen LogP contribution in [0.2, 0.25) is 0 Å². The van der Waals surface area contributed by atoms with Gasteiger partial charge in [-0.2, -0.15) is 0 Å². The Hall–Kier alpha value is -0.780. The molecule has 0 aliphatic rings. The van der Waals surface area contributed by atoms with Crippen LogP contribution >= 0.6 is 0 Å². The molecule has 1 aromatic carbocycles. The molecule has 0 spiro atoms. The van der Waals surface area contributed by atoms with Crippen molar-refractivity contribution < 1.29 is 0 Å². The lowest BCUT2D eigenvalue weighted by Gasteiger charge is -2.10. The molecule has 59 valence electrons. The molecular weight excluding hydrogens is 132 g/mol. The van der Waals surface area contributed by atoms with Gasteiger partial charge < -0.3 is 0 Å². The minimum absolute atomic E-state index is 0.580. The molecule has 0 fully saturated rings. The fourth-order valence-electron chi connectivity index (χ4n) is 1.28. The van der Waals surface area contributed by atoms with E-state index < -0.39 is 0 Å². The first-order valence-corrected chi connectivity index (χ1v) is 4.10. The van der Waals surface area contributed by atoms with Crippen LogP contribution in [-0.2, 0) is 0 Å². The summed E-state index contributed by atoms with van der Waals surface area (Å²) < 4.78 is 0. The van der Waals surface area contributed by atoms with E-state index in [-0.39, 0.29) is 0 Å². The lowest BCUT2D eigenvalue weighted by atomic mass is 9.95. The van der Waals surface area contributed by atoms with Gasteiger partial charge >= 0.3 is 0 Å². The Balaban J connectivity index is 2.93. The molecule has 1 rings (SSSR count). The average molecular weight is 147 g/mol. The summed E-state index contributed by atoms with van der Waals surface area (Å²) in [6.45, 7) is 6.49. The topological polar surface area (TPSA) is 0 Å². The molecule has 0 aromatic heterocycles. The third-order valence-corrected chi connectivity index (χ3v) is 2.18. The lowest BCUT2D eigenvalue weighted by molar-refractivity contribution is 0.877. The Labute approximate surface area is 69.3 Å². The van der Waals surface area contributed by atoms with Crippen molar-refractivity contribution in [2.75, 3.05) is 0 Å². The summed E-state index contributed by atoms with van der Waals surface area (Å²) in [4.78, 5) is 0. The highest BCUT2D eigenvalue weighted by Gasteiger charge is 2.03. The summed E-state index contributed by atoms with van der Waals surface area (Å²) in [5, 5.41) is 0. The Morgan fingerprint density at radius 2 is 1.91 bits per heavy atom. The van der Waals surface area contributed by atoms with Crippen molar-refractivity contribution in [2.45, 2.75) is 26.7 Å². The van der Waals surface area contributed by atoms with E-state index in [1.807, 2.05) is 0 Å². The molecule has 0 saturated carbocycles. The molecule has 11 heavy (non-hydrogen) atoms. The molecule has 0 heteroatoms. The summed E-state index contributed by atoms with van der Waals surface area (Å²) in [7, 11) is 0. The van der Waals surface area contributed by atoms with Crippen LogP contribution in [0.1, 0.15) is 30.9 Å². The first kappa shape index (κ1) is 8.32. The molecule has 1 radical (unpaired) electrons. The highest BCUT2D eigenvalue weighted by atomic mass is 14.1. The largest absolute Gasteiger partial charge is 0.0620 e. The highest BCUT2D eigenvalue weighted by Crippen LogP contribution is 2.20. The van der Waals surface area contributed by atoms with E-state index >= 15 is 0 Å².